The molecule has 8 heteroatoms. The van der Waals surface area contributed by atoms with Crippen LogP contribution in [0.15, 0.2) is 47.6 Å². The highest BCUT2D eigenvalue weighted by molar-refractivity contribution is 6.02. The summed E-state index contributed by atoms with van der Waals surface area (Å²) in [4.78, 5) is 22.0. The molecule has 0 saturated heterocycles. The van der Waals surface area contributed by atoms with Crippen LogP contribution < -0.4 is 10.2 Å². The van der Waals surface area contributed by atoms with Gasteiger partial charge in [-0.2, -0.15) is 5.10 Å². The molecule has 124 valence electrons. The van der Waals surface area contributed by atoms with Gasteiger partial charge < -0.3 is 9.84 Å². The number of phenols is 1. The van der Waals surface area contributed by atoms with Crippen molar-refractivity contribution in [1.29, 1.82) is 0 Å². The number of phenolic OH excluding ortho intramolecular Hbond substituents is 1. The molecule has 2 rings (SSSR count). The summed E-state index contributed by atoms with van der Waals surface area (Å²) in [6.45, 7) is 1.62. The number of hydrogen-bond donors (Lipinski definition) is 2. The van der Waals surface area contributed by atoms with E-state index in [9.17, 15) is 20.0 Å². The molecule has 0 aliphatic heterocycles. The number of nitro benzene ring substituents is 1. The fourth-order valence-corrected chi connectivity index (χ4v) is 1.94. The number of benzene rings is 2. The first-order chi connectivity index (χ1) is 11.4. The number of hydrazone groups is 1. The summed E-state index contributed by atoms with van der Waals surface area (Å²) >= 11 is 0. The second kappa shape index (κ2) is 7.23. The number of nitro groups is 1. The molecule has 1 amide bonds. The SMILES string of the molecule is COc1ccc(C(C)=NNC(=O)c2ccc([N+](=O)[O-])cc2)c(O)c1. The Bertz CT molecular complexity index is 800. The van der Waals surface area contributed by atoms with Crippen LogP contribution in [0, 0.1) is 10.1 Å². The molecule has 0 aliphatic carbocycles. The van der Waals surface area contributed by atoms with Gasteiger partial charge in [0.1, 0.15) is 11.5 Å². The van der Waals surface area contributed by atoms with Gasteiger partial charge >= 0.3 is 0 Å². The van der Waals surface area contributed by atoms with Gasteiger partial charge in [0.2, 0.25) is 0 Å². The van der Waals surface area contributed by atoms with E-state index >= 15 is 0 Å². The van der Waals surface area contributed by atoms with Crippen LogP contribution in [-0.4, -0.2) is 28.8 Å². The maximum atomic E-state index is 12.0. The topological polar surface area (TPSA) is 114 Å². The third-order valence-electron chi connectivity index (χ3n) is 3.26. The molecule has 8 nitrogen and oxygen atoms in total. The number of nitrogens with zero attached hydrogens (tertiary/aromatic N) is 2. The van der Waals surface area contributed by atoms with Gasteiger partial charge in [-0.3, -0.25) is 14.9 Å². The lowest BCUT2D eigenvalue weighted by Crippen LogP contribution is -2.19. The molecule has 2 aromatic carbocycles. The normalized spacial score (nSPS) is 11.0. The molecule has 2 aromatic rings. The fraction of sp³-hybridized carbons (Fsp3) is 0.125. The Kier molecular flexibility index (Phi) is 5.10. The highest BCUT2D eigenvalue weighted by Crippen LogP contribution is 2.23. The summed E-state index contributed by atoms with van der Waals surface area (Å²) in [7, 11) is 1.49. The van der Waals surface area contributed by atoms with Crippen LogP contribution in [0.3, 0.4) is 0 Å². The van der Waals surface area contributed by atoms with Gasteiger partial charge in [-0.25, -0.2) is 5.43 Å². The van der Waals surface area contributed by atoms with Crippen molar-refractivity contribution in [2.75, 3.05) is 7.11 Å². The molecule has 0 fully saturated rings. The summed E-state index contributed by atoms with van der Waals surface area (Å²) in [6.07, 6.45) is 0. The van der Waals surface area contributed by atoms with Crippen molar-refractivity contribution >= 4 is 17.3 Å². The van der Waals surface area contributed by atoms with E-state index < -0.39 is 10.8 Å². The summed E-state index contributed by atoms with van der Waals surface area (Å²) in [5.41, 5.74) is 3.31. The second-order valence-electron chi connectivity index (χ2n) is 4.83. The van der Waals surface area contributed by atoms with Crippen molar-refractivity contribution in [3.8, 4) is 11.5 Å². The number of nitrogens with one attached hydrogen (secondary N) is 1. The maximum Gasteiger partial charge on any atom is 0.271 e. The molecular weight excluding hydrogens is 314 g/mol. The van der Waals surface area contributed by atoms with Gasteiger partial charge in [0.05, 0.1) is 17.7 Å². The van der Waals surface area contributed by atoms with Crippen molar-refractivity contribution in [2.24, 2.45) is 5.10 Å². The average Bonchev–Trinajstić information content (AvgIpc) is 2.59. The first-order valence-corrected chi connectivity index (χ1v) is 6.89. The zero-order chi connectivity index (χ0) is 17.7. The van der Waals surface area contributed by atoms with Crippen molar-refractivity contribution in [1.82, 2.24) is 5.43 Å². The monoisotopic (exact) mass is 329 g/mol. The highest BCUT2D eigenvalue weighted by atomic mass is 16.6. The van der Waals surface area contributed by atoms with Gasteiger partial charge in [0.15, 0.2) is 0 Å². The zero-order valence-electron chi connectivity index (χ0n) is 13.0. The number of non-ortho nitro benzene ring substituents is 1. The largest absolute Gasteiger partial charge is 0.507 e. The van der Waals surface area contributed by atoms with Crippen molar-refractivity contribution in [3.63, 3.8) is 0 Å². The van der Waals surface area contributed by atoms with Crippen LogP contribution in [0.5, 0.6) is 11.5 Å². The number of hydrogen-bond acceptors (Lipinski definition) is 6. The minimum absolute atomic E-state index is 0.0276. The third kappa shape index (κ3) is 3.86. The van der Waals surface area contributed by atoms with Crippen LogP contribution in [-0.2, 0) is 0 Å². The lowest BCUT2D eigenvalue weighted by Gasteiger charge is -2.07. The Morgan fingerprint density at radius 3 is 2.46 bits per heavy atom. The van der Waals surface area contributed by atoms with Crippen LogP contribution in [0.1, 0.15) is 22.8 Å². The Hall–Kier alpha value is -3.42. The summed E-state index contributed by atoms with van der Waals surface area (Å²) < 4.78 is 4.99. The van der Waals surface area contributed by atoms with Gasteiger partial charge in [0, 0.05) is 29.3 Å². The molecule has 0 radical (unpaired) electrons. The fourth-order valence-electron chi connectivity index (χ4n) is 1.94. The molecule has 24 heavy (non-hydrogen) atoms. The molecule has 0 atom stereocenters. The number of ether oxygens (including phenoxy) is 1. The molecule has 0 aliphatic rings. The van der Waals surface area contributed by atoms with Gasteiger partial charge in [-0.15, -0.1) is 0 Å². The van der Waals surface area contributed by atoms with Crippen molar-refractivity contribution in [3.05, 3.63) is 63.7 Å². The van der Waals surface area contributed by atoms with Crippen LogP contribution in [0.25, 0.3) is 0 Å². The van der Waals surface area contributed by atoms with Gasteiger partial charge in [0.25, 0.3) is 11.6 Å². The molecule has 0 spiro atoms. The number of carbonyl (C=O) groups is 1. The maximum absolute atomic E-state index is 12.0. The predicted molar refractivity (Wildman–Crippen MR) is 87.4 cm³/mol. The van der Waals surface area contributed by atoms with E-state index in [0.717, 1.165) is 0 Å². The first kappa shape index (κ1) is 16.9. The van der Waals surface area contributed by atoms with E-state index in [1.165, 1.54) is 37.4 Å². The summed E-state index contributed by atoms with van der Waals surface area (Å²) in [5, 5.41) is 24.4. The molecule has 2 N–H and O–H groups in total. The Morgan fingerprint density at radius 2 is 1.92 bits per heavy atom. The molecular formula is C16H15N3O5. The van der Waals surface area contributed by atoms with Crippen molar-refractivity contribution < 1.29 is 19.6 Å². The van der Waals surface area contributed by atoms with Crippen LogP contribution in [0.4, 0.5) is 5.69 Å². The van der Waals surface area contributed by atoms with E-state index in [1.807, 2.05) is 0 Å². The standard InChI is InChI=1S/C16H15N3O5/c1-10(14-8-7-13(24-2)9-15(14)20)17-18-16(21)11-3-5-12(6-4-11)19(22)23/h3-9,20H,1-2H3,(H,18,21). The minimum atomic E-state index is -0.545. The van der Waals surface area contributed by atoms with E-state index in [2.05, 4.69) is 10.5 Å². The van der Waals surface area contributed by atoms with Crippen molar-refractivity contribution in [2.45, 2.75) is 6.92 Å². The molecule has 0 saturated carbocycles. The van der Waals surface area contributed by atoms with E-state index in [-0.39, 0.29) is 17.0 Å². The Morgan fingerprint density at radius 1 is 1.25 bits per heavy atom. The first-order valence-electron chi connectivity index (χ1n) is 6.89. The lowest BCUT2D eigenvalue weighted by atomic mass is 10.1. The molecule has 0 unspecified atom stereocenters. The van der Waals surface area contributed by atoms with Gasteiger partial charge in [-0.05, 0) is 31.2 Å². The highest BCUT2D eigenvalue weighted by Gasteiger charge is 2.10. The number of aromatic hydroxyl groups is 1. The quantitative estimate of drug-likeness (QED) is 0.497. The second-order valence-corrected chi connectivity index (χ2v) is 4.83. The number of methoxy groups -OCH3 is 1. The number of rotatable bonds is 5. The Labute approximate surface area is 137 Å². The zero-order valence-corrected chi connectivity index (χ0v) is 13.0. The third-order valence-corrected chi connectivity index (χ3v) is 3.26. The smallest absolute Gasteiger partial charge is 0.271 e. The molecule has 0 aromatic heterocycles. The predicted octanol–water partition coefficient (Wildman–Crippen LogP) is 2.46. The molecule has 0 heterocycles. The van der Waals surface area contributed by atoms with E-state index in [1.54, 1.807) is 19.1 Å². The van der Waals surface area contributed by atoms with Crippen LogP contribution >= 0.6 is 0 Å². The Balaban J connectivity index is 2.11. The minimum Gasteiger partial charge on any atom is -0.507 e. The van der Waals surface area contributed by atoms with E-state index in [0.29, 0.717) is 17.0 Å². The van der Waals surface area contributed by atoms with Crippen LogP contribution in [0.2, 0.25) is 0 Å². The molecule has 0 bridgehead atoms. The van der Waals surface area contributed by atoms with Gasteiger partial charge in [-0.1, -0.05) is 0 Å². The summed E-state index contributed by atoms with van der Waals surface area (Å²) in [5.74, 6) is -0.0450. The number of amides is 1. The number of carbonyl (C=O) groups excluding carboxylic acids is 1. The average molecular weight is 329 g/mol. The summed E-state index contributed by atoms with van der Waals surface area (Å²) in [6, 6.07) is 9.86. The lowest BCUT2D eigenvalue weighted by molar-refractivity contribution is -0.384. The van der Waals surface area contributed by atoms with E-state index in [4.69, 9.17) is 4.74 Å².